The number of nitro groups is 1. The first-order chi connectivity index (χ1) is 12.3. The number of rotatable bonds is 6. The predicted octanol–water partition coefficient (Wildman–Crippen LogP) is 2.74. The number of non-ortho nitro benzene ring substituents is 1. The van der Waals surface area contributed by atoms with E-state index in [0.717, 1.165) is 32.5 Å². The molecule has 2 rings (SSSR count). The van der Waals surface area contributed by atoms with Gasteiger partial charge in [-0.3, -0.25) is 10.1 Å². The number of urea groups is 1. The Bertz CT molecular complexity index is 649. The smallest absolute Gasteiger partial charge is 0.321 e. The number of nitrogens with one attached hydrogen (secondary N) is 1. The van der Waals surface area contributed by atoms with E-state index in [0.29, 0.717) is 18.3 Å². The fourth-order valence-corrected chi connectivity index (χ4v) is 3.18. The summed E-state index contributed by atoms with van der Waals surface area (Å²) < 4.78 is 0. The summed E-state index contributed by atoms with van der Waals surface area (Å²) >= 11 is 6.01. The van der Waals surface area contributed by atoms with Crippen LogP contribution in [0.2, 0.25) is 5.02 Å². The summed E-state index contributed by atoms with van der Waals surface area (Å²) in [5, 5.41) is 13.6. The highest BCUT2D eigenvalue weighted by Gasteiger charge is 2.21. The number of likely N-dealkylation sites (N-methyl/N-ethyl adjacent to an activating group) is 2. The number of carbonyl (C=O) groups is 1. The Labute approximate surface area is 158 Å². The van der Waals surface area contributed by atoms with Crippen LogP contribution in [-0.2, 0) is 0 Å². The Morgan fingerprint density at radius 2 is 2.00 bits per heavy atom. The SMILES string of the molecule is CN1CCC(N(C)CCN(C)C(=O)Nc2ccc([N+](=O)[O-])cc2Cl)CC1. The maximum absolute atomic E-state index is 12.3. The van der Waals surface area contributed by atoms with Gasteiger partial charge in [0, 0.05) is 38.3 Å². The molecule has 2 amide bonds. The molecule has 8 nitrogen and oxygen atoms in total. The third-order valence-corrected chi connectivity index (χ3v) is 5.16. The van der Waals surface area contributed by atoms with Crippen molar-refractivity contribution in [3.63, 3.8) is 0 Å². The van der Waals surface area contributed by atoms with Crippen molar-refractivity contribution in [1.29, 1.82) is 0 Å². The molecule has 0 aliphatic carbocycles. The Kier molecular flexibility index (Phi) is 7.19. The molecule has 0 saturated carbocycles. The first-order valence-corrected chi connectivity index (χ1v) is 9.00. The summed E-state index contributed by atoms with van der Waals surface area (Å²) in [6.07, 6.45) is 2.28. The Morgan fingerprint density at radius 1 is 1.35 bits per heavy atom. The number of halogens is 1. The molecule has 0 bridgehead atoms. The van der Waals surface area contributed by atoms with E-state index in [4.69, 9.17) is 11.6 Å². The molecule has 1 saturated heterocycles. The van der Waals surface area contributed by atoms with Crippen molar-refractivity contribution < 1.29 is 9.72 Å². The number of anilines is 1. The summed E-state index contributed by atoms with van der Waals surface area (Å²) in [6.45, 7) is 3.57. The van der Waals surface area contributed by atoms with Gasteiger partial charge < -0.3 is 20.0 Å². The van der Waals surface area contributed by atoms with Gasteiger partial charge in [0.15, 0.2) is 0 Å². The predicted molar refractivity (Wildman–Crippen MR) is 103 cm³/mol. The minimum atomic E-state index is -0.525. The maximum atomic E-state index is 12.3. The van der Waals surface area contributed by atoms with E-state index in [2.05, 4.69) is 29.2 Å². The van der Waals surface area contributed by atoms with E-state index in [1.54, 1.807) is 11.9 Å². The van der Waals surface area contributed by atoms with Gasteiger partial charge in [0.25, 0.3) is 5.69 Å². The highest BCUT2D eigenvalue weighted by atomic mass is 35.5. The number of piperidine rings is 1. The molecular formula is C17H26ClN5O3. The fourth-order valence-electron chi connectivity index (χ4n) is 2.96. The third kappa shape index (κ3) is 5.55. The number of hydrogen-bond acceptors (Lipinski definition) is 5. The minimum absolute atomic E-state index is 0.110. The third-order valence-electron chi connectivity index (χ3n) is 4.85. The van der Waals surface area contributed by atoms with E-state index >= 15 is 0 Å². The van der Waals surface area contributed by atoms with Crippen LogP contribution in [0.3, 0.4) is 0 Å². The van der Waals surface area contributed by atoms with Gasteiger partial charge in [0.1, 0.15) is 0 Å². The van der Waals surface area contributed by atoms with Gasteiger partial charge in [-0.2, -0.15) is 0 Å². The number of carbonyl (C=O) groups excluding carboxylic acids is 1. The second-order valence-electron chi connectivity index (χ2n) is 6.79. The van der Waals surface area contributed by atoms with Gasteiger partial charge in [-0.05, 0) is 46.1 Å². The molecule has 0 spiro atoms. The van der Waals surface area contributed by atoms with E-state index in [-0.39, 0.29) is 16.7 Å². The highest BCUT2D eigenvalue weighted by Crippen LogP contribution is 2.26. The lowest BCUT2D eigenvalue weighted by molar-refractivity contribution is -0.384. The number of nitro benzene ring substituents is 1. The molecule has 1 aliphatic heterocycles. The van der Waals surface area contributed by atoms with Crippen LogP contribution in [-0.4, -0.2) is 79.0 Å². The zero-order valence-electron chi connectivity index (χ0n) is 15.4. The van der Waals surface area contributed by atoms with Crippen LogP contribution < -0.4 is 5.32 Å². The normalized spacial score (nSPS) is 15.9. The van der Waals surface area contributed by atoms with E-state index in [1.807, 2.05) is 0 Å². The summed E-state index contributed by atoms with van der Waals surface area (Å²) in [4.78, 5) is 28.7. The van der Waals surface area contributed by atoms with Crippen LogP contribution in [0.5, 0.6) is 0 Å². The minimum Gasteiger partial charge on any atom is -0.326 e. The topological polar surface area (TPSA) is 82.0 Å². The number of amides is 2. The van der Waals surface area contributed by atoms with E-state index in [9.17, 15) is 14.9 Å². The molecule has 0 unspecified atom stereocenters. The lowest BCUT2D eigenvalue weighted by Crippen LogP contribution is -2.45. The molecule has 0 atom stereocenters. The molecule has 0 radical (unpaired) electrons. The Hall–Kier alpha value is -1.90. The number of nitrogens with zero attached hydrogens (tertiary/aromatic N) is 4. The monoisotopic (exact) mass is 383 g/mol. The summed E-state index contributed by atoms with van der Waals surface area (Å²) in [6, 6.07) is 4.24. The molecule has 9 heteroatoms. The average molecular weight is 384 g/mol. The van der Waals surface area contributed by atoms with Gasteiger partial charge >= 0.3 is 6.03 Å². The lowest BCUT2D eigenvalue weighted by Gasteiger charge is -2.35. The Morgan fingerprint density at radius 3 is 2.58 bits per heavy atom. The number of hydrogen-bond donors (Lipinski definition) is 1. The average Bonchev–Trinajstić information content (AvgIpc) is 2.61. The van der Waals surface area contributed by atoms with Crippen molar-refractivity contribution in [3.8, 4) is 0 Å². The van der Waals surface area contributed by atoms with Crippen molar-refractivity contribution in [2.75, 3.05) is 52.6 Å². The van der Waals surface area contributed by atoms with Crippen molar-refractivity contribution in [2.45, 2.75) is 18.9 Å². The van der Waals surface area contributed by atoms with Gasteiger partial charge in [0.05, 0.1) is 15.6 Å². The second kappa shape index (κ2) is 9.16. The first kappa shape index (κ1) is 20.4. The molecule has 1 aromatic rings. The molecule has 1 heterocycles. The lowest BCUT2D eigenvalue weighted by atomic mass is 10.0. The Balaban J connectivity index is 1.83. The summed E-state index contributed by atoms with van der Waals surface area (Å²) in [5.74, 6) is 0. The fraction of sp³-hybridized carbons (Fsp3) is 0.588. The first-order valence-electron chi connectivity index (χ1n) is 8.62. The molecule has 1 N–H and O–H groups in total. The van der Waals surface area contributed by atoms with Crippen LogP contribution in [0.1, 0.15) is 12.8 Å². The van der Waals surface area contributed by atoms with Crippen LogP contribution in [0.25, 0.3) is 0 Å². The van der Waals surface area contributed by atoms with Gasteiger partial charge in [-0.1, -0.05) is 11.6 Å². The van der Waals surface area contributed by atoms with Crippen molar-refractivity contribution in [1.82, 2.24) is 14.7 Å². The van der Waals surface area contributed by atoms with Crippen LogP contribution in [0.15, 0.2) is 18.2 Å². The molecule has 1 aromatic carbocycles. The summed E-state index contributed by atoms with van der Waals surface area (Å²) in [7, 11) is 5.95. The largest absolute Gasteiger partial charge is 0.326 e. The second-order valence-corrected chi connectivity index (χ2v) is 7.20. The number of likely N-dealkylation sites (tertiary alicyclic amines) is 1. The molecule has 1 aliphatic rings. The van der Waals surface area contributed by atoms with E-state index < -0.39 is 4.92 Å². The van der Waals surface area contributed by atoms with Crippen molar-refractivity contribution >= 4 is 29.0 Å². The zero-order valence-corrected chi connectivity index (χ0v) is 16.2. The number of benzene rings is 1. The molecule has 26 heavy (non-hydrogen) atoms. The summed E-state index contributed by atoms with van der Waals surface area (Å²) in [5.41, 5.74) is 0.249. The van der Waals surface area contributed by atoms with Crippen LogP contribution in [0, 0.1) is 10.1 Å². The van der Waals surface area contributed by atoms with Crippen LogP contribution in [0.4, 0.5) is 16.2 Å². The zero-order chi connectivity index (χ0) is 19.3. The van der Waals surface area contributed by atoms with Crippen molar-refractivity contribution in [3.05, 3.63) is 33.3 Å². The highest BCUT2D eigenvalue weighted by molar-refractivity contribution is 6.33. The molecule has 144 valence electrons. The van der Waals surface area contributed by atoms with E-state index in [1.165, 1.54) is 18.2 Å². The maximum Gasteiger partial charge on any atom is 0.321 e. The molecule has 0 aromatic heterocycles. The van der Waals surface area contributed by atoms with Gasteiger partial charge in [0.2, 0.25) is 0 Å². The molecular weight excluding hydrogens is 358 g/mol. The van der Waals surface area contributed by atoms with Crippen molar-refractivity contribution in [2.24, 2.45) is 0 Å². The van der Waals surface area contributed by atoms with Gasteiger partial charge in [-0.25, -0.2) is 4.79 Å². The molecule has 1 fully saturated rings. The van der Waals surface area contributed by atoms with Gasteiger partial charge in [-0.15, -0.1) is 0 Å². The quantitative estimate of drug-likeness (QED) is 0.603. The van der Waals surface area contributed by atoms with Crippen LogP contribution >= 0.6 is 11.6 Å². The standard InChI is InChI=1S/C17H26ClN5O3/c1-20-8-6-13(7-9-20)21(2)10-11-22(3)17(24)19-16-5-4-14(23(25)26)12-15(16)18/h4-5,12-13H,6-11H2,1-3H3,(H,19,24).